The summed E-state index contributed by atoms with van der Waals surface area (Å²) in [6.45, 7) is 5.20. The summed E-state index contributed by atoms with van der Waals surface area (Å²) in [5.41, 5.74) is 2.07. The van der Waals surface area contributed by atoms with Crippen LogP contribution >= 0.6 is 0 Å². The van der Waals surface area contributed by atoms with E-state index in [9.17, 15) is 13.2 Å². The molecule has 1 aliphatic carbocycles. The van der Waals surface area contributed by atoms with Crippen LogP contribution in [0.5, 0.6) is 0 Å². The first kappa shape index (κ1) is 18.5. The number of carbonyl (C=O) groups excluding carboxylic acids is 1. The Balaban J connectivity index is 1.48. The zero-order valence-electron chi connectivity index (χ0n) is 16.0. The van der Waals surface area contributed by atoms with Crippen molar-refractivity contribution < 1.29 is 13.2 Å². The third-order valence-electron chi connectivity index (χ3n) is 5.98. The number of sulfone groups is 1. The molecule has 2 heterocycles. The van der Waals surface area contributed by atoms with Gasteiger partial charge < -0.3 is 9.47 Å². The molecule has 0 spiro atoms. The van der Waals surface area contributed by atoms with Crippen LogP contribution in [0.4, 0.5) is 0 Å². The molecule has 1 aromatic carbocycles. The van der Waals surface area contributed by atoms with Gasteiger partial charge in [0, 0.05) is 19.6 Å². The summed E-state index contributed by atoms with van der Waals surface area (Å²) < 4.78 is 26.2. The van der Waals surface area contributed by atoms with Gasteiger partial charge in [-0.1, -0.05) is 12.1 Å². The predicted octanol–water partition coefficient (Wildman–Crippen LogP) is 2.63. The quantitative estimate of drug-likeness (QED) is 0.788. The molecule has 1 amide bonds. The molecule has 0 radical (unpaired) electrons. The number of rotatable bonds is 5. The van der Waals surface area contributed by atoms with Crippen LogP contribution in [-0.4, -0.2) is 51.9 Å². The molecule has 1 saturated heterocycles. The molecule has 1 aliphatic heterocycles. The van der Waals surface area contributed by atoms with Gasteiger partial charge in [-0.2, -0.15) is 0 Å². The Morgan fingerprint density at radius 3 is 2.70 bits per heavy atom. The lowest BCUT2D eigenvalue weighted by molar-refractivity contribution is -0.135. The van der Waals surface area contributed by atoms with E-state index in [0.29, 0.717) is 31.8 Å². The fourth-order valence-electron chi connectivity index (χ4n) is 4.13. The number of imidazole rings is 1. The normalized spacial score (nSPS) is 21.6. The van der Waals surface area contributed by atoms with Crippen molar-refractivity contribution in [3.05, 3.63) is 30.6 Å². The van der Waals surface area contributed by atoms with Crippen LogP contribution in [0.1, 0.15) is 39.5 Å². The maximum Gasteiger partial charge on any atom is 0.243 e. The number of benzene rings is 1. The van der Waals surface area contributed by atoms with Crippen molar-refractivity contribution in [2.24, 2.45) is 5.92 Å². The third-order valence-corrected chi connectivity index (χ3v) is 8.92. The van der Waals surface area contributed by atoms with Crippen molar-refractivity contribution in [1.29, 1.82) is 0 Å². The van der Waals surface area contributed by atoms with Crippen molar-refractivity contribution in [2.45, 2.75) is 56.1 Å². The Labute approximate surface area is 160 Å². The maximum absolute atomic E-state index is 13.1. The second-order valence-electron chi connectivity index (χ2n) is 8.40. The summed E-state index contributed by atoms with van der Waals surface area (Å²) in [5, 5.41) is -0.325. The van der Waals surface area contributed by atoms with Gasteiger partial charge in [0.15, 0.2) is 9.84 Å². The Morgan fingerprint density at radius 2 is 1.96 bits per heavy atom. The average Bonchev–Trinajstić information content (AvgIpc) is 3.45. The maximum atomic E-state index is 13.1. The van der Waals surface area contributed by atoms with E-state index < -0.39 is 14.6 Å². The van der Waals surface area contributed by atoms with Crippen LogP contribution in [0, 0.1) is 5.92 Å². The lowest BCUT2D eigenvalue weighted by Gasteiger charge is -2.37. The third kappa shape index (κ3) is 3.26. The van der Waals surface area contributed by atoms with E-state index >= 15 is 0 Å². The van der Waals surface area contributed by atoms with Gasteiger partial charge in [0.1, 0.15) is 4.75 Å². The smallest absolute Gasteiger partial charge is 0.243 e. The van der Waals surface area contributed by atoms with Gasteiger partial charge in [-0.05, 0) is 57.6 Å². The summed E-state index contributed by atoms with van der Waals surface area (Å²) in [6.07, 6.45) is 5.17. The number of para-hydroxylation sites is 2. The van der Waals surface area contributed by atoms with Crippen molar-refractivity contribution >= 4 is 26.8 Å². The van der Waals surface area contributed by atoms with Gasteiger partial charge in [0.05, 0.1) is 22.6 Å². The zero-order chi connectivity index (χ0) is 19.2. The first-order valence-corrected chi connectivity index (χ1v) is 11.3. The zero-order valence-corrected chi connectivity index (χ0v) is 16.8. The largest absolute Gasteiger partial charge is 0.341 e. The summed E-state index contributed by atoms with van der Waals surface area (Å²) in [4.78, 5) is 19.3. The fourth-order valence-corrected chi connectivity index (χ4v) is 6.09. The number of amides is 1. The second kappa shape index (κ2) is 6.62. The Hall–Kier alpha value is -1.89. The Kier molecular flexibility index (Phi) is 4.53. The number of fused-ring (bicyclic) bond motifs is 1. The van der Waals surface area contributed by atoms with Gasteiger partial charge in [0.25, 0.3) is 0 Å². The van der Waals surface area contributed by atoms with Gasteiger partial charge in [-0.15, -0.1) is 0 Å². The molecule has 2 fully saturated rings. The summed E-state index contributed by atoms with van der Waals surface area (Å²) in [6, 6.07) is 8.03. The van der Waals surface area contributed by atoms with E-state index in [2.05, 4.69) is 15.6 Å². The van der Waals surface area contributed by atoms with E-state index in [4.69, 9.17) is 0 Å². The highest BCUT2D eigenvalue weighted by Crippen LogP contribution is 2.37. The number of aromatic nitrogens is 2. The molecule has 2 aromatic rings. The van der Waals surface area contributed by atoms with Crippen LogP contribution in [0.3, 0.4) is 0 Å². The van der Waals surface area contributed by atoms with Crippen LogP contribution in [-0.2, 0) is 21.2 Å². The second-order valence-corrected chi connectivity index (χ2v) is 11.2. The van der Waals surface area contributed by atoms with Crippen molar-refractivity contribution in [1.82, 2.24) is 14.5 Å². The average molecular weight is 390 g/mol. The Bertz CT molecular complexity index is 960. The van der Waals surface area contributed by atoms with E-state index in [-0.39, 0.29) is 11.2 Å². The minimum atomic E-state index is -3.42. The monoisotopic (exact) mass is 389 g/mol. The van der Waals surface area contributed by atoms with Gasteiger partial charge >= 0.3 is 0 Å². The molecule has 0 bridgehead atoms. The lowest BCUT2D eigenvalue weighted by atomic mass is 9.96. The molecule has 6 nitrogen and oxygen atoms in total. The number of hydrogen-bond acceptors (Lipinski definition) is 4. The summed E-state index contributed by atoms with van der Waals surface area (Å²) >= 11 is 0. The number of nitrogens with zero attached hydrogens (tertiary/aromatic N) is 3. The highest BCUT2D eigenvalue weighted by Gasteiger charge is 2.51. The first-order chi connectivity index (χ1) is 12.8. The SMILES string of the molecule is CC(C)(C(=O)N1CCCC(Cn2cnc3ccccc32)C1)S(=O)(=O)C1CC1. The van der Waals surface area contributed by atoms with E-state index in [0.717, 1.165) is 30.4 Å². The molecule has 2 aliphatic rings. The summed E-state index contributed by atoms with van der Waals surface area (Å²) in [5.74, 6) is 0.0642. The summed E-state index contributed by atoms with van der Waals surface area (Å²) in [7, 11) is -3.42. The standard InChI is InChI=1S/C20H27N3O3S/c1-20(2,27(25,26)16-9-10-16)19(24)22-11-5-6-15(12-22)13-23-14-21-17-7-3-4-8-18(17)23/h3-4,7-8,14-16H,5-6,9-13H2,1-2H3. The molecule has 1 atom stereocenters. The molecule has 1 unspecified atom stereocenters. The topological polar surface area (TPSA) is 72.3 Å². The molecule has 4 rings (SSSR count). The van der Waals surface area contributed by atoms with Crippen LogP contribution < -0.4 is 0 Å². The fraction of sp³-hybridized carbons (Fsp3) is 0.600. The highest BCUT2D eigenvalue weighted by molar-refractivity contribution is 7.94. The molecule has 27 heavy (non-hydrogen) atoms. The first-order valence-electron chi connectivity index (χ1n) is 9.73. The molecule has 7 heteroatoms. The van der Waals surface area contributed by atoms with Crippen LogP contribution in [0.2, 0.25) is 0 Å². The molecular formula is C20H27N3O3S. The number of hydrogen-bond donors (Lipinski definition) is 0. The number of likely N-dealkylation sites (tertiary alicyclic amines) is 1. The van der Waals surface area contributed by atoms with E-state index in [1.165, 1.54) is 0 Å². The van der Waals surface area contributed by atoms with E-state index in [1.54, 1.807) is 18.7 Å². The lowest BCUT2D eigenvalue weighted by Crippen LogP contribution is -2.54. The predicted molar refractivity (Wildman–Crippen MR) is 105 cm³/mol. The number of piperidine rings is 1. The number of carbonyl (C=O) groups is 1. The van der Waals surface area contributed by atoms with Crippen molar-refractivity contribution in [3.8, 4) is 0 Å². The van der Waals surface area contributed by atoms with Gasteiger partial charge in [-0.3, -0.25) is 4.79 Å². The van der Waals surface area contributed by atoms with Gasteiger partial charge in [0.2, 0.25) is 5.91 Å². The molecule has 146 valence electrons. The van der Waals surface area contributed by atoms with Crippen LogP contribution in [0.15, 0.2) is 30.6 Å². The molecule has 1 saturated carbocycles. The minimum absolute atomic E-state index is 0.241. The van der Waals surface area contributed by atoms with Crippen molar-refractivity contribution in [2.75, 3.05) is 13.1 Å². The van der Waals surface area contributed by atoms with Gasteiger partial charge in [-0.25, -0.2) is 13.4 Å². The molecule has 0 N–H and O–H groups in total. The van der Waals surface area contributed by atoms with E-state index in [1.807, 2.05) is 24.5 Å². The minimum Gasteiger partial charge on any atom is -0.341 e. The molecule has 1 aromatic heterocycles. The van der Waals surface area contributed by atoms with Crippen molar-refractivity contribution in [3.63, 3.8) is 0 Å². The molecular weight excluding hydrogens is 362 g/mol. The van der Waals surface area contributed by atoms with Crippen LogP contribution in [0.25, 0.3) is 11.0 Å². The highest BCUT2D eigenvalue weighted by atomic mass is 32.2. The Morgan fingerprint density at radius 1 is 1.22 bits per heavy atom.